The molecule has 3 unspecified atom stereocenters. The molecule has 0 N–H and O–H groups in total. The van der Waals surface area contributed by atoms with Gasteiger partial charge in [-0.25, -0.2) is 0 Å². The molecular formula is C34H55O4P. The summed E-state index contributed by atoms with van der Waals surface area (Å²) in [7, 11) is -3.42. The molecule has 2 rings (SSSR count). The van der Waals surface area contributed by atoms with E-state index < -0.39 is 12.8 Å². The fourth-order valence-electron chi connectivity index (χ4n) is 5.59. The molecule has 4 nitrogen and oxygen atoms in total. The second-order valence-electron chi connectivity index (χ2n) is 13.2. The Morgan fingerprint density at radius 1 is 0.769 bits per heavy atom. The minimum absolute atomic E-state index is 0.0362. The average Bonchev–Trinajstić information content (AvgIpc) is 2.86. The molecular weight excluding hydrogens is 503 g/mol. The Balaban J connectivity index is 2.63. The number of hydrogen-bond donors (Lipinski definition) is 0. The van der Waals surface area contributed by atoms with Crippen molar-refractivity contribution in [1.29, 1.82) is 0 Å². The SMILES string of the molecule is CCOP(=O)(OCC)C(C)(C)C(CC(CC(C)(C)C(C)CC)c1ccc(OC(C)(C)C)cc1)c1ccccc1. The summed E-state index contributed by atoms with van der Waals surface area (Å²) in [6, 6.07) is 19.1. The van der Waals surface area contributed by atoms with Gasteiger partial charge in [-0.3, -0.25) is 4.57 Å². The Morgan fingerprint density at radius 2 is 1.31 bits per heavy atom. The maximum atomic E-state index is 14.3. The molecule has 3 atom stereocenters. The van der Waals surface area contributed by atoms with Crippen LogP contribution in [-0.2, 0) is 13.6 Å². The molecule has 0 saturated carbocycles. The Kier molecular flexibility index (Phi) is 11.9. The fourth-order valence-corrected chi connectivity index (χ4v) is 7.65. The molecule has 39 heavy (non-hydrogen) atoms. The van der Waals surface area contributed by atoms with Crippen molar-refractivity contribution in [2.75, 3.05) is 13.2 Å². The highest BCUT2D eigenvalue weighted by atomic mass is 31.2. The molecule has 0 spiro atoms. The van der Waals surface area contributed by atoms with E-state index in [0.717, 1.165) is 25.0 Å². The molecule has 0 aliphatic carbocycles. The van der Waals surface area contributed by atoms with Crippen molar-refractivity contribution < 1.29 is 18.3 Å². The van der Waals surface area contributed by atoms with Gasteiger partial charge in [0.25, 0.3) is 0 Å². The van der Waals surface area contributed by atoms with E-state index in [-0.39, 0.29) is 22.9 Å². The third-order valence-electron chi connectivity index (χ3n) is 8.37. The van der Waals surface area contributed by atoms with Crippen molar-refractivity contribution in [2.45, 2.75) is 118 Å². The summed E-state index contributed by atoms with van der Waals surface area (Å²) in [6.07, 6.45) is 2.99. The first kappa shape index (κ1) is 33.6. The minimum Gasteiger partial charge on any atom is -0.488 e. The van der Waals surface area contributed by atoms with Crippen LogP contribution < -0.4 is 4.74 Å². The summed E-state index contributed by atoms with van der Waals surface area (Å²) in [6.45, 7) is 24.2. The zero-order valence-electron chi connectivity index (χ0n) is 26.5. The van der Waals surface area contributed by atoms with Gasteiger partial charge in [0.2, 0.25) is 0 Å². The topological polar surface area (TPSA) is 44.8 Å². The van der Waals surface area contributed by atoms with Crippen LogP contribution in [0.5, 0.6) is 5.75 Å². The molecule has 0 fully saturated rings. The molecule has 0 aliphatic heterocycles. The van der Waals surface area contributed by atoms with Crippen LogP contribution in [-0.4, -0.2) is 24.0 Å². The number of benzene rings is 2. The molecule has 0 radical (unpaired) electrons. The summed E-state index contributed by atoms with van der Waals surface area (Å²) >= 11 is 0. The van der Waals surface area contributed by atoms with Crippen LogP contribution in [0, 0.1) is 11.3 Å². The summed E-state index contributed by atoms with van der Waals surface area (Å²) in [5.41, 5.74) is 2.34. The molecule has 220 valence electrons. The lowest BCUT2D eigenvalue weighted by Crippen LogP contribution is -2.34. The zero-order valence-corrected chi connectivity index (χ0v) is 27.4. The van der Waals surface area contributed by atoms with Gasteiger partial charge in [0.05, 0.1) is 18.4 Å². The molecule has 0 saturated heterocycles. The normalized spacial score (nSPS) is 15.6. The van der Waals surface area contributed by atoms with Crippen LogP contribution in [0.15, 0.2) is 54.6 Å². The largest absolute Gasteiger partial charge is 0.488 e. The predicted molar refractivity (Wildman–Crippen MR) is 166 cm³/mol. The van der Waals surface area contributed by atoms with Crippen LogP contribution in [0.3, 0.4) is 0 Å². The lowest BCUT2D eigenvalue weighted by atomic mass is 9.68. The third kappa shape index (κ3) is 8.94. The van der Waals surface area contributed by atoms with E-state index >= 15 is 0 Å². The van der Waals surface area contributed by atoms with Crippen LogP contribution in [0.1, 0.15) is 118 Å². The first-order valence-electron chi connectivity index (χ1n) is 14.8. The van der Waals surface area contributed by atoms with Crippen molar-refractivity contribution in [2.24, 2.45) is 11.3 Å². The van der Waals surface area contributed by atoms with Crippen LogP contribution in [0.25, 0.3) is 0 Å². The Hall–Kier alpha value is -1.61. The van der Waals surface area contributed by atoms with Crippen molar-refractivity contribution in [1.82, 2.24) is 0 Å². The van der Waals surface area contributed by atoms with Gasteiger partial charge in [0.15, 0.2) is 0 Å². The number of ether oxygens (including phenoxy) is 1. The zero-order chi connectivity index (χ0) is 29.5. The summed E-state index contributed by atoms with van der Waals surface area (Å²) in [5.74, 6) is 1.66. The maximum Gasteiger partial charge on any atom is 0.336 e. The van der Waals surface area contributed by atoms with Gasteiger partial charge < -0.3 is 13.8 Å². The summed E-state index contributed by atoms with van der Waals surface area (Å²) in [4.78, 5) is 0. The highest BCUT2D eigenvalue weighted by molar-refractivity contribution is 7.55. The van der Waals surface area contributed by atoms with Crippen molar-refractivity contribution in [3.05, 3.63) is 65.7 Å². The predicted octanol–water partition coefficient (Wildman–Crippen LogP) is 10.6. The van der Waals surface area contributed by atoms with E-state index in [0.29, 0.717) is 19.1 Å². The van der Waals surface area contributed by atoms with Crippen LogP contribution in [0.4, 0.5) is 0 Å². The second-order valence-corrected chi connectivity index (χ2v) is 15.8. The Labute approximate surface area is 239 Å². The lowest BCUT2D eigenvalue weighted by molar-refractivity contribution is 0.131. The van der Waals surface area contributed by atoms with Crippen LogP contribution in [0.2, 0.25) is 0 Å². The van der Waals surface area contributed by atoms with Gasteiger partial charge in [-0.2, -0.15) is 0 Å². The lowest BCUT2D eigenvalue weighted by Gasteiger charge is -2.42. The average molecular weight is 559 g/mol. The fraction of sp³-hybridized carbons (Fsp3) is 0.647. The van der Waals surface area contributed by atoms with Gasteiger partial charge in [0.1, 0.15) is 11.4 Å². The quantitative estimate of drug-likeness (QED) is 0.204. The van der Waals surface area contributed by atoms with E-state index in [1.807, 2.05) is 19.9 Å². The summed E-state index contributed by atoms with van der Waals surface area (Å²) in [5, 5.41) is -0.728. The molecule has 0 heterocycles. The maximum absolute atomic E-state index is 14.3. The Morgan fingerprint density at radius 3 is 1.77 bits per heavy atom. The molecule has 0 amide bonds. The van der Waals surface area contributed by atoms with Gasteiger partial charge in [-0.05, 0) is 102 Å². The first-order valence-corrected chi connectivity index (χ1v) is 16.4. The van der Waals surface area contributed by atoms with E-state index in [4.69, 9.17) is 13.8 Å². The smallest absolute Gasteiger partial charge is 0.336 e. The molecule has 2 aromatic carbocycles. The van der Waals surface area contributed by atoms with Crippen molar-refractivity contribution >= 4 is 7.60 Å². The van der Waals surface area contributed by atoms with Crippen LogP contribution >= 0.6 is 7.60 Å². The van der Waals surface area contributed by atoms with Gasteiger partial charge in [0, 0.05) is 5.92 Å². The number of hydrogen-bond acceptors (Lipinski definition) is 4. The Bertz CT molecular complexity index is 1030. The number of rotatable bonds is 15. The minimum atomic E-state index is -3.42. The summed E-state index contributed by atoms with van der Waals surface area (Å²) < 4.78 is 32.4. The molecule has 0 bridgehead atoms. The van der Waals surface area contributed by atoms with Crippen molar-refractivity contribution in [3.8, 4) is 5.75 Å². The molecule has 0 aliphatic rings. The van der Waals surface area contributed by atoms with E-state index in [1.54, 1.807) is 0 Å². The van der Waals surface area contributed by atoms with Gasteiger partial charge in [-0.15, -0.1) is 0 Å². The molecule has 2 aromatic rings. The highest BCUT2D eigenvalue weighted by Crippen LogP contribution is 2.66. The van der Waals surface area contributed by atoms with E-state index in [2.05, 4.69) is 111 Å². The molecule has 0 aromatic heterocycles. The van der Waals surface area contributed by atoms with E-state index in [1.165, 1.54) is 11.1 Å². The van der Waals surface area contributed by atoms with Crippen molar-refractivity contribution in [3.63, 3.8) is 0 Å². The second kappa shape index (κ2) is 13.8. The molecule has 5 heteroatoms. The highest BCUT2D eigenvalue weighted by Gasteiger charge is 2.50. The van der Waals surface area contributed by atoms with Gasteiger partial charge in [-0.1, -0.05) is 76.6 Å². The van der Waals surface area contributed by atoms with E-state index in [9.17, 15) is 4.57 Å². The monoisotopic (exact) mass is 558 g/mol. The third-order valence-corrected chi connectivity index (χ3v) is 11.3. The standard InChI is InChI=1S/C34H55O4P/c1-12-26(4)33(8,9)25-29(27-20-22-30(23-21-27)38-32(5,6)7)24-31(28-18-16-15-17-19-28)34(10,11)39(35,36-13-2)37-14-3/h15-23,26,29,31H,12-14,24-25H2,1-11H3. The van der Waals surface area contributed by atoms with Gasteiger partial charge >= 0.3 is 7.60 Å². The first-order chi connectivity index (χ1) is 18.1.